The van der Waals surface area contributed by atoms with Crippen LogP contribution in [0.4, 0.5) is 0 Å². The number of amides is 2. The van der Waals surface area contributed by atoms with E-state index in [1.165, 1.54) is 0 Å². The molecule has 2 amide bonds. The van der Waals surface area contributed by atoms with E-state index < -0.39 is 6.04 Å². The van der Waals surface area contributed by atoms with Crippen molar-refractivity contribution in [3.8, 4) is 0 Å². The van der Waals surface area contributed by atoms with Crippen LogP contribution in [0, 0.1) is 0 Å². The van der Waals surface area contributed by atoms with Crippen molar-refractivity contribution in [2.75, 3.05) is 5.75 Å². The van der Waals surface area contributed by atoms with Gasteiger partial charge in [0.1, 0.15) is 6.04 Å². The molecule has 1 unspecified atom stereocenters. The highest BCUT2D eigenvalue weighted by molar-refractivity contribution is 7.99. The Hall–Kier alpha value is -2.18. The Kier molecular flexibility index (Phi) is 11.7. The lowest BCUT2D eigenvalue weighted by Gasteiger charge is -2.32. The third kappa shape index (κ3) is 9.26. The molecule has 196 valence electrons. The van der Waals surface area contributed by atoms with Crippen LogP contribution in [0.1, 0.15) is 37.8 Å². The minimum absolute atomic E-state index is 0.0672. The highest BCUT2D eigenvalue weighted by Gasteiger charge is 2.31. The zero-order valence-corrected chi connectivity index (χ0v) is 24.0. The Balaban J connectivity index is 1.83. The van der Waals surface area contributed by atoms with Crippen molar-refractivity contribution in [3.05, 3.63) is 99.0 Å². The van der Waals surface area contributed by atoms with Gasteiger partial charge in [0.2, 0.25) is 11.8 Å². The number of rotatable bonds is 12. The fraction of sp³-hybridized carbons (Fsp3) is 0.310. The molecule has 3 rings (SSSR count). The van der Waals surface area contributed by atoms with Gasteiger partial charge >= 0.3 is 0 Å². The Morgan fingerprint density at radius 2 is 1.54 bits per heavy atom. The summed E-state index contributed by atoms with van der Waals surface area (Å²) >= 11 is 20.6. The molecule has 4 nitrogen and oxygen atoms in total. The van der Waals surface area contributed by atoms with Crippen LogP contribution < -0.4 is 5.32 Å². The quantitative estimate of drug-likeness (QED) is 0.177. The summed E-state index contributed by atoms with van der Waals surface area (Å²) in [4.78, 5) is 29.8. The maximum Gasteiger partial charge on any atom is 0.243 e. The predicted molar refractivity (Wildman–Crippen MR) is 156 cm³/mol. The van der Waals surface area contributed by atoms with Crippen LogP contribution >= 0.6 is 46.6 Å². The second-order valence-corrected chi connectivity index (χ2v) is 11.4. The first-order chi connectivity index (χ1) is 17.7. The lowest BCUT2D eigenvalue weighted by molar-refractivity contribution is -0.141. The first-order valence-corrected chi connectivity index (χ1v) is 14.3. The third-order valence-electron chi connectivity index (χ3n) is 5.71. The molecule has 0 saturated carbocycles. The molecule has 0 fully saturated rings. The maximum absolute atomic E-state index is 13.7. The minimum atomic E-state index is -0.714. The number of hydrogen-bond acceptors (Lipinski definition) is 3. The number of benzene rings is 3. The zero-order valence-electron chi connectivity index (χ0n) is 20.9. The van der Waals surface area contributed by atoms with Gasteiger partial charge in [0.15, 0.2) is 0 Å². The summed E-state index contributed by atoms with van der Waals surface area (Å²) in [6.45, 7) is 3.95. The number of carbonyl (C=O) groups excluding carboxylic acids is 2. The van der Waals surface area contributed by atoms with Gasteiger partial charge in [0, 0.05) is 51.0 Å². The van der Waals surface area contributed by atoms with Gasteiger partial charge in [0.05, 0.1) is 0 Å². The SMILES string of the molecule is CC(C)NC(=O)C(Cc1ccccc1)N(Cc1c(Cl)cccc1Cl)C(=O)CCCSc1ccc(Cl)cc1. The number of nitrogens with one attached hydrogen (secondary N) is 1. The fourth-order valence-electron chi connectivity index (χ4n) is 3.88. The van der Waals surface area contributed by atoms with Crippen LogP contribution in [0.3, 0.4) is 0 Å². The third-order valence-corrected chi connectivity index (χ3v) is 7.77. The number of nitrogens with zero attached hydrogens (tertiary/aromatic N) is 1. The average molecular weight is 578 g/mol. The van der Waals surface area contributed by atoms with Gasteiger partial charge in [-0.05, 0) is 68.0 Å². The normalized spacial score (nSPS) is 11.8. The lowest BCUT2D eigenvalue weighted by atomic mass is 10.0. The first-order valence-electron chi connectivity index (χ1n) is 12.2. The molecule has 0 heterocycles. The van der Waals surface area contributed by atoms with E-state index in [-0.39, 0.29) is 24.4 Å². The van der Waals surface area contributed by atoms with Crippen LogP contribution in [0.25, 0.3) is 0 Å². The summed E-state index contributed by atoms with van der Waals surface area (Å²) in [6, 6.07) is 21.8. The van der Waals surface area contributed by atoms with Crippen LogP contribution in [0.2, 0.25) is 15.1 Å². The molecule has 0 bridgehead atoms. The Morgan fingerprint density at radius 3 is 2.16 bits per heavy atom. The highest BCUT2D eigenvalue weighted by atomic mass is 35.5. The predicted octanol–water partition coefficient (Wildman–Crippen LogP) is 7.68. The van der Waals surface area contributed by atoms with Gasteiger partial charge in [-0.15, -0.1) is 11.8 Å². The fourth-order valence-corrected chi connectivity index (χ4v) is 5.37. The highest BCUT2D eigenvalue weighted by Crippen LogP contribution is 2.28. The van der Waals surface area contributed by atoms with Crippen LogP contribution in [0.5, 0.6) is 0 Å². The minimum Gasteiger partial charge on any atom is -0.352 e. The van der Waals surface area contributed by atoms with E-state index in [2.05, 4.69) is 5.32 Å². The number of thioether (sulfide) groups is 1. The molecule has 0 spiro atoms. The molecule has 0 aliphatic heterocycles. The molecule has 3 aromatic rings. The molecule has 0 radical (unpaired) electrons. The van der Waals surface area contributed by atoms with Crippen molar-refractivity contribution in [2.24, 2.45) is 0 Å². The summed E-state index contributed by atoms with van der Waals surface area (Å²) in [5.74, 6) is 0.439. The summed E-state index contributed by atoms with van der Waals surface area (Å²) in [5.41, 5.74) is 1.60. The molecular weight excluding hydrogens is 547 g/mol. The molecule has 0 aliphatic rings. The van der Waals surface area contributed by atoms with E-state index in [0.717, 1.165) is 16.2 Å². The Morgan fingerprint density at radius 1 is 0.892 bits per heavy atom. The number of carbonyl (C=O) groups is 2. The van der Waals surface area contributed by atoms with Crippen LogP contribution in [-0.2, 0) is 22.6 Å². The molecule has 1 atom stereocenters. The molecular formula is C29H31Cl3N2O2S. The van der Waals surface area contributed by atoms with Crippen molar-refractivity contribution in [1.82, 2.24) is 10.2 Å². The number of hydrogen-bond donors (Lipinski definition) is 1. The number of halogens is 3. The Bertz CT molecular complexity index is 1150. The first kappa shape index (κ1) is 29.4. The molecule has 8 heteroatoms. The monoisotopic (exact) mass is 576 g/mol. The van der Waals surface area contributed by atoms with E-state index in [4.69, 9.17) is 34.8 Å². The molecule has 37 heavy (non-hydrogen) atoms. The molecule has 3 aromatic carbocycles. The lowest BCUT2D eigenvalue weighted by Crippen LogP contribution is -2.51. The smallest absolute Gasteiger partial charge is 0.243 e. The van der Waals surface area contributed by atoms with Crippen molar-refractivity contribution < 1.29 is 9.59 Å². The van der Waals surface area contributed by atoms with Crippen molar-refractivity contribution in [2.45, 2.75) is 56.6 Å². The van der Waals surface area contributed by atoms with Gasteiger partial charge in [0.25, 0.3) is 0 Å². The van der Waals surface area contributed by atoms with E-state index in [1.54, 1.807) is 34.9 Å². The van der Waals surface area contributed by atoms with E-state index in [9.17, 15) is 9.59 Å². The summed E-state index contributed by atoms with van der Waals surface area (Å²) in [6.07, 6.45) is 1.33. The average Bonchev–Trinajstić information content (AvgIpc) is 2.86. The van der Waals surface area contributed by atoms with E-state index >= 15 is 0 Å². The largest absolute Gasteiger partial charge is 0.352 e. The zero-order chi connectivity index (χ0) is 26.8. The van der Waals surface area contributed by atoms with Crippen LogP contribution in [0.15, 0.2) is 77.7 Å². The summed E-state index contributed by atoms with van der Waals surface area (Å²) in [7, 11) is 0. The van der Waals surface area contributed by atoms with Gasteiger partial charge in [-0.25, -0.2) is 0 Å². The second kappa shape index (κ2) is 14.7. The van der Waals surface area contributed by atoms with Gasteiger partial charge in [-0.3, -0.25) is 9.59 Å². The maximum atomic E-state index is 13.7. The summed E-state index contributed by atoms with van der Waals surface area (Å²) < 4.78 is 0. The summed E-state index contributed by atoms with van der Waals surface area (Å²) in [5, 5.41) is 4.61. The molecule has 0 saturated heterocycles. The topological polar surface area (TPSA) is 49.4 Å². The van der Waals surface area contributed by atoms with Crippen molar-refractivity contribution in [1.29, 1.82) is 0 Å². The van der Waals surface area contributed by atoms with E-state index in [0.29, 0.717) is 39.9 Å². The molecule has 0 aliphatic carbocycles. The standard InChI is InChI=1S/C29H31Cl3N2O2S/c1-20(2)33-29(36)27(18-21-8-4-3-5-9-21)34(19-24-25(31)10-6-11-26(24)32)28(35)12-7-17-37-23-15-13-22(30)14-16-23/h3-6,8-11,13-16,20,27H,7,12,17-19H2,1-2H3,(H,33,36). The second-order valence-electron chi connectivity index (χ2n) is 9.00. The van der Waals surface area contributed by atoms with Gasteiger partial charge in [-0.1, -0.05) is 71.2 Å². The van der Waals surface area contributed by atoms with Gasteiger partial charge < -0.3 is 10.2 Å². The van der Waals surface area contributed by atoms with Crippen molar-refractivity contribution in [3.63, 3.8) is 0 Å². The van der Waals surface area contributed by atoms with E-state index in [1.807, 2.05) is 68.4 Å². The molecule has 0 aromatic heterocycles. The van der Waals surface area contributed by atoms with Crippen LogP contribution in [-0.4, -0.2) is 34.6 Å². The Labute approximate surface area is 238 Å². The molecule has 1 N–H and O–H groups in total. The van der Waals surface area contributed by atoms with Gasteiger partial charge in [-0.2, -0.15) is 0 Å². The van der Waals surface area contributed by atoms with Crippen molar-refractivity contribution >= 4 is 58.4 Å².